The molecule has 0 aliphatic heterocycles. The maximum absolute atomic E-state index is 14.1. The highest BCUT2D eigenvalue weighted by molar-refractivity contribution is 5.85. The second kappa shape index (κ2) is 8.17. The van der Waals surface area contributed by atoms with Crippen LogP contribution in [0.25, 0.3) is 10.9 Å². The van der Waals surface area contributed by atoms with Crippen LogP contribution in [0.4, 0.5) is 4.39 Å². The summed E-state index contributed by atoms with van der Waals surface area (Å²) in [5.74, 6) is 1.05. The molecule has 7 rings (SSSR count). The number of hydrogen-bond acceptors (Lipinski definition) is 2. The molecule has 3 aromatic rings. The van der Waals surface area contributed by atoms with Crippen molar-refractivity contribution < 1.29 is 14.6 Å². The summed E-state index contributed by atoms with van der Waals surface area (Å²) in [5.41, 5.74) is 6.77. The molecule has 212 valence electrons. The molecule has 3 saturated carbocycles. The molecule has 7 atom stereocenters. The zero-order valence-corrected chi connectivity index (χ0v) is 24.9. The Morgan fingerprint density at radius 3 is 2.52 bits per heavy atom. The minimum Gasteiger partial charge on any atom is -0.504 e. The van der Waals surface area contributed by atoms with Gasteiger partial charge in [0, 0.05) is 28.4 Å². The normalized spacial score (nSPS) is 38.7. The Labute approximate surface area is 237 Å². The average molecular weight is 542 g/mol. The number of aromatic nitrogens is 1. The highest BCUT2D eigenvalue weighted by Gasteiger charge is 2.65. The van der Waals surface area contributed by atoms with Gasteiger partial charge < -0.3 is 15.2 Å². The number of H-pyrrole nitrogens is 1. The van der Waals surface area contributed by atoms with Crippen LogP contribution in [0.15, 0.2) is 42.1 Å². The standard InChI is InChI=1S/C36H44FNO2/c1-20-9-10-33(3)11-13-36(6)30-17-24(25-19-38-27-16-22(37)7-8-23(25)27)31-21(2)32(40)28(39)18-26(31)34(30,4)12-14-35(36,5)29(33)15-20/h7-8,16-20,24,29,38-40H,9-15H2,1-6H3/t20-,24-,29+,33+,34-,35-,36+/m0/s1. The summed E-state index contributed by atoms with van der Waals surface area (Å²) in [6, 6.07) is 6.83. The number of phenolic OH excluding ortho intramolecular Hbond substituents is 2. The Morgan fingerprint density at radius 1 is 0.975 bits per heavy atom. The molecule has 3 N–H and O–H groups in total. The van der Waals surface area contributed by atoms with Crippen LogP contribution in [0.5, 0.6) is 11.5 Å². The largest absolute Gasteiger partial charge is 0.504 e. The van der Waals surface area contributed by atoms with Crippen LogP contribution in [0, 0.1) is 40.8 Å². The van der Waals surface area contributed by atoms with Gasteiger partial charge in [0.1, 0.15) is 5.82 Å². The fourth-order valence-electron chi connectivity index (χ4n) is 10.4. The van der Waals surface area contributed by atoms with Crippen LogP contribution >= 0.6 is 0 Å². The molecule has 0 amide bonds. The first-order valence-corrected chi connectivity index (χ1v) is 15.4. The predicted octanol–water partition coefficient (Wildman–Crippen LogP) is 9.40. The van der Waals surface area contributed by atoms with E-state index >= 15 is 0 Å². The molecule has 1 aromatic heterocycles. The van der Waals surface area contributed by atoms with Crippen molar-refractivity contribution in [1.29, 1.82) is 0 Å². The van der Waals surface area contributed by atoms with Crippen molar-refractivity contribution in [3.8, 4) is 11.5 Å². The van der Waals surface area contributed by atoms with E-state index in [2.05, 4.69) is 45.7 Å². The lowest BCUT2D eigenvalue weighted by atomic mass is 9.35. The van der Waals surface area contributed by atoms with Crippen molar-refractivity contribution in [2.24, 2.45) is 28.1 Å². The molecule has 0 saturated heterocycles. The van der Waals surface area contributed by atoms with Crippen LogP contribution in [0.2, 0.25) is 0 Å². The third kappa shape index (κ3) is 3.17. The third-order valence-electron chi connectivity index (χ3n) is 13.1. The van der Waals surface area contributed by atoms with E-state index < -0.39 is 0 Å². The number of rotatable bonds is 1. The lowest BCUT2D eigenvalue weighted by Crippen LogP contribution is -2.61. The first kappa shape index (κ1) is 26.2. The first-order valence-electron chi connectivity index (χ1n) is 15.4. The van der Waals surface area contributed by atoms with Gasteiger partial charge in [0.2, 0.25) is 0 Å². The number of fused-ring (bicyclic) bond motifs is 8. The van der Waals surface area contributed by atoms with Gasteiger partial charge in [0.15, 0.2) is 11.5 Å². The summed E-state index contributed by atoms with van der Waals surface area (Å²) in [6.45, 7) is 14.5. The van der Waals surface area contributed by atoms with Gasteiger partial charge in [-0.05, 0) is 120 Å². The van der Waals surface area contributed by atoms with Crippen LogP contribution in [-0.4, -0.2) is 15.2 Å². The quantitative estimate of drug-likeness (QED) is 0.212. The van der Waals surface area contributed by atoms with E-state index in [1.165, 1.54) is 50.2 Å². The number of halogens is 1. The van der Waals surface area contributed by atoms with E-state index in [4.69, 9.17) is 0 Å². The molecule has 4 heteroatoms. The van der Waals surface area contributed by atoms with Gasteiger partial charge in [-0.25, -0.2) is 4.39 Å². The SMILES string of the molecule is Cc1c(O)c(O)cc2c1[C@H](c1c[nH]c3cc(F)ccc13)C=C1[C@@]2(C)CC[C@@]2(C)[C@@H]3C[C@@H](C)CC[C@]3(C)CC[C@]12C. The molecule has 2 aromatic carbocycles. The van der Waals surface area contributed by atoms with Crippen molar-refractivity contribution >= 4 is 10.9 Å². The van der Waals surface area contributed by atoms with E-state index in [0.717, 1.165) is 45.5 Å². The molecular weight excluding hydrogens is 497 g/mol. The third-order valence-corrected chi connectivity index (χ3v) is 13.1. The Hall–Kier alpha value is -2.75. The zero-order chi connectivity index (χ0) is 28.4. The van der Waals surface area contributed by atoms with Crippen molar-refractivity contribution in [2.75, 3.05) is 0 Å². The summed E-state index contributed by atoms with van der Waals surface area (Å²) in [4.78, 5) is 3.32. The van der Waals surface area contributed by atoms with Crippen LogP contribution in [0.3, 0.4) is 0 Å². The molecule has 4 aliphatic carbocycles. The average Bonchev–Trinajstić information content (AvgIpc) is 3.33. The van der Waals surface area contributed by atoms with E-state index in [1.54, 1.807) is 6.07 Å². The number of allylic oxidation sites excluding steroid dienone is 2. The van der Waals surface area contributed by atoms with E-state index in [9.17, 15) is 14.6 Å². The number of hydrogen-bond donors (Lipinski definition) is 3. The summed E-state index contributed by atoms with van der Waals surface area (Å²) < 4.78 is 14.1. The second-order valence-corrected chi connectivity index (χ2v) is 15.0. The molecule has 0 spiro atoms. The number of benzene rings is 2. The first-order chi connectivity index (χ1) is 18.8. The zero-order valence-electron chi connectivity index (χ0n) is 24.9. The van der Waals surface area contributed by atoms with Crippen molar-refractivity contribution in [2.45, 2.75) is 97.8 Å². The number of nitrogens with one attached hydrogen (secondary N) is 1. The maximum Gasteiger partial charge on any atom is 0.160 e. The van der Waals surface area contributed by atoms with Crippen LogP contribution < -0.4 is 0 Å². The van der Waals surface area contributed by atoms with E-state index in [1.807, 2.05) is 25.3 Å². The van der Waals surface area contributed by atoms with Gasteiger partial charge in [-0.15, -0.1) is 0 Å². The Kier molecular flexibility index (Phi) is 5.34. The van der Waals surface area contributed by atoms with Gasteiger partial charge >= 0.3 is 0 Å². The van der Waals surface area contributed by atoms with E-state index in [-0.39, 0.29) is 39.5 Å². The van der Waals surface area contributed by atoms with Crippen molar-refractivity contribution in [3.63, 3.8) is 0 Å². The second-order valence-electron chi connectivity index (χ2n) is 15.0. The Morgan fingerprint density at radius 2 is 1.75 bits per heavy atom. The minimum absolute atomic E-state index is 0.0246. The topological polar surface area (TPSA) is 56.2 Å². The molecule has 3 fully saturated rings. The molecule has 3 nitrogen and oxygen atoms in total. The van der Waals surface area contributed by atoms with Gasteiger partial charge in [-0.1, -0.05) is 52.7 Å². The molecule has 4 aliphatic rings. The molecule has 1 heterocycles. The van der Waals surface area contributed by atoms with Crippen LogP contribution in [-0.2, 0) is 5.41 Å². The number of aromatic hydroxyl groups is 2. The molecule has 0 unspecified atom stereocenters. The smallest absolute Gasteiger partial charge is 0.160 e. The summed E-state index contributed by atoms with van der Waals surface area (Å²) in [5, 5.41) is 22.9. The molecule has 40 heavy (non-hydrogen) atoms. The summed E-state index contributed by atoms with van der Waals surface area (Å²) in [6.07, 6.45) is 13.2. The number of phenols is 2. The lowest BCUT2D eigenvalue weighted by Gasteiger charge is -2.69. The molecule has 0 radical (unpaired) electrons. The number of aromatic amines is 1. The Bertz CT molecular complexity index is 1590. The molecule has 0 bridgehead atoms. The van der Waals surface area contributed by atoms with Crippen molar-refractivity contribution in [1.82, 2.24) is 4.98 Å². The fraction of sp³-hybridized carbons (Fsp3) is 0.556. The highest BCUT2D eigenvalue weighted by atomic mass is 19.1. The fourth-order valence-corrected chi connectivity index (χ4v) is 10.4. The van der Waals surface area contributed by atoms with E-state index in [0.29, 0.717) is 11.3 Å². The molecular formula is C36H44FNO2. The Balaban J connectivity index is 1.48. The van der Waals surface area contributed by atoms with Crippen LogP contribution in [0.1, 0.15) is 108 Å². The van der Waals surface area contributed by atoms with Gasteiger partial charge in [-0.3, -0.25) is 0 Å². The summed E-state index contributed by atoms with van der Waals surface area (Å²) in [7, 11) is 0. The maximum atomic E-state index is 14.1. The lowest BCUT2D eigenvalue weighted by molar-refractivity contribution is -0.145. The predicted molar refractivity (Wildman–Crippen MR) is 159 cm³/mol. The van der Waals surface area contributed by atoms with Gasteiger partial charge in [0.05, 0.1) is 0 Å². The monoisotopic (exact) mass is 541 g/mol. The minimum atomic E-state index is -0.253. The summed E-state index contributed by atoms with van der Waals surface area (Å²) >= 11 is 0. The van der Waals surface area contributed by atoms with Crippen molar-refractivity contribution in [3.05, 3.63) is 70.2 Å². The van der Waals surface area contributed by atoms with Gasteiger partial charge in [0.25, 0.3) is 0 Å². The highest BCUT2D eigenvalue weighted by Crippen LogP contribution is 2.74. The van der Waals surface area contributed by atoms with Gasteiger partial charge in [-0.2, -0.15) is 0 Å².